The highest BCUT2D eigenvalue weighted by molar-refractivity contribution is 5.66. The van der Waals surface area contributed by atoms with Gasteiger partial charge in [-0.15, -0.1) is 0 Å². The SMILES string of the molecule is CCCCC[C@H](O)/C=C/[C@H]1C2C[C@H](OO2)[C@@H]1C/C=C\CCCC(=O)O. The molecule has 2 aliphatic rings. The molecule has 1 unspecified atom stereocenters. The van der Waals surface area contributed by atoms with E-state index < -0.39 is 5.97 Å². The lowest BCUT2D eigenvalue weighted by Gasteiger charge is -2.27. The fourth-order valence-electron chi connectivity index (χ4n) is 3.72. The van der Waals surface area contributed by atoms with Crippen LogP contribution in [0.15, 0.2) is 24.3 Å². The molecule has 1 saturated heterocycles. The van der Waals surface area contributed by atoms with Gasteiger partial charge in [0.15, 0.2) is 0 Å². The van der Waals surface area contributed by atoms with Gasteiger partial charge in [-0.05, 0) is 25.7 Å². The van der Waals surface area contributed by atoms with Crippen molar-refractivity contribution >= 4 is 5.97 Å². The molecule has 2 N–H and O–H groups in total. The van der Waals surface area contributed by atoms with Crippen molar-refractivity contribution in [1.82, 2.24) is 0 Å². The lowest BCUT2D eigenvalue weighted by Crippen LogP contribution is -2.28. The molecule has 2 bridgehead atoms. The normalized spacial score (nSPS) is 29.8. The third-order valence-corrected chi connectivity index (χ3v) is 5.16. The number of aliphatic carboxylic acids is 1. The van der Waals surface area contributed by atoms with Gasteiger partial charge in [0.1, 0.15) is 6.10 Å². The number of carbonyl (C=O) groups is 1. The summed E-state index contributed by atoms with van der Waals surface area (Å²) in [5, 5.41) is 18.7. The Bertz CT molecular complexity index is 459. The summed E-state index contributed by atoms with van der Waals surface area (Å²) in [5.41, 5.74) is 0. The summed E-state index contributed by atoms with van der Waals surface area (Å²) in [6.07, 6.45) is 15.8. The topological polar surface area (TPSA) is 76.0 Å². The largest absolute Gasteiger partial charge is 0.481 e. The fourth-order valence-corrected chi connectivity index (χ4v) is 3.72. The molecule has 0 aromatic heterocycles. The van der Waals surface area contributed by atoms with Crippen molar-refractivity contribution in [2.45, 2.75) is 83.0 Å². The molecule has 5 nitrogen and oxygen atoms in total. The summed E-state index contributed by atoms with van der Waals surface area (Å²) < 4.78 is 0. The van der Waals surface area contributed by atoms with Crippen LogP contribution in [-0.2, 0) is 14.6 Å². The van der Waals surface area contributed by atoms with Crippen LogP contribution in [0.3, 0.4) is 0 Å². The Kier molecular flexibility index (Phi) is 8.65. The first kappa shape index (κ1) is 20.1. The predicted molar refractivity (Wildman–Crippen MR) is 95.9 cm³/mol. The second-order valence-corrected chi connectivity index (χ2v) is 7.19. The van der Waals surface area contributed by atoms with Crippen LogP contribution >= 0.6 is 0 Å². The zero-order chi connectivity index (χ0) is 18.1. The van der Waals surface area contributed by atoms with E-state index in [-0.39, 0.29) is 30.7 Å². The maximum atomic E-state index is 10.5. The van der Waals surface area contributed by atoms with Crippen molar-refractivity contribution in [2.75, 3.05) is 0 Å². The quantitative estimate of drug-likeness (QED) is 0.315. The number of allylic oxidation sites excluding steroid dienone is 2. The molecule has 2 rings (SSSR count). The Balaban J connectivity index is 1.78. The van der Waals surface area contributed by atoms with E-state index >= 15 is 0 Å². The third kappa shape index (κ3) is 6.57. The molecule has 142 valence electrons. The van der Waals surface area contributed by atoms with Crippen molar-refractivity contribution in [3.8, 4) is 0 Å². The maximum absolute atomic E-state index is 10.5. The lowest BCUT2D eigenvalue weighted by molar-refractivity contribution is -0.336. The number of hydrogen-bond donors (Lipinski definition) is 2. The Morgan fingerprint density at radius 3 is 2.76 bits per heavy atom. The predicted octanol–water partition coefficient (Wildman–Crippen LogP) is 4.02. The van der Waals surface area contributed by atoms with Gasteiger partial charge in [0.2, 0.25) is 0 Å². The summed E-state index contributed by atoms with van der Waals surface area (Å²) in [6, 6.07) is 0. The first-order valence-electron chi connectivity index (χ1n) is 9.67. The van der Waals surface area contributed by atoms with Gasteiger partial charge in [-0.2, -0.15) is 0 Å². The number of aliphatic hydroxyl groups is 1. The number of hydrogen-bond acceptors (Lipinski definition) is 4. The van der Waals surface area contributed by atoms with Gasteiger partial charge in [0.25, 0.3) is 0 Å². The minimum Gasteiger partial charge on any atom is -0.481 e. The molecular formula is C20H32O5. The zero-order valence-corrected chi connectivity index (χ0v) is 15.2. The summed E-state index contributed by atoms with van der Waals surface area (Å²) in [7, 11) is 0. The number of unbranched alkanes of at least 4 members (excludes halogenated alkanes) is 3. The van der Waals surface area contributed by atoms with Gasteiger partial charge in [0, 0.05) is 24.7 Å². The Morgan fingerprint density at radius 2 is 2.00 bits per heavy atom. The first-order chi connectivity index (χ1) is 12.1. The molecule has 1 aliphatic carbocycles. The van der Waals surface area contributed by atoms with Gasteiger partial charge >= 0.3 is 5.97 Å². The molecule has 0 radical (unpaired) electrons. The van der Waals surface area contributed by atoms with E-state index in [2.05, 4.69) is 25.2 Å². The molecule has 0 aromatic carbocycles. The van der Waals surface area contributed by atoms with Crippen LogP contribution < -0.4 is 0 Å². The van der Waals surface area contributed by atoms with Gasteiger partial charge in [-0.3, -0.25) is 4.79 Å². The van der Waals surface area contributed by atoms with Crippen LogP contribution in [0, 0.1) is 11.8 Å². The third-order valence-electron chi connectivity index (χ3n) is 5.16. The molecule has 0 amide bonds. The van der Waals surface area contributed by atoms with Crippen LogP contribution in [-0.4, -0.2) is 34.5 Å². The first-order valence-corrected chi connectivity index (χ1v) is 9.67. The molecule has 2 fully saturated rings. The van der Waals surface area contributed by atoms with E-state index in [0.717, 1.165) is 44.9 Å². The van der Waals surface area contributed by atoms with Crippen molar-refractivity contribution in [3.63, 3.8) is 0 Å². The monoisotopic (exact) mass is 352 g/mol. The van der Waals surface area contributed by atoms with Crippen molar-refractivity contribution < 1.29 is 24.8 Å². The van der Waals surface area contributed by atoms with E-state index in [1.165, 1.54) is 0 Å². The molecule has 25 heavy (non-hydrogen) atoms. The average molecular weight is 352 g/mol. The molecule has 5 heteroatoms. The smallest absolute Gasteiger partial charge is 0.303 e. The summed E-state index contributed by atoms with van der Waals surface area (Å²) in [5.74, 6) is -0.0912. The summed E-state index contributed by atoms with van der Waals surface area (Å²) >= 11 is 0. The van der Waals surface area contributed by atoms with Crippen molar-refractivity contribution in [3.05, 3.63) is 24.3 Å². The molecular weight excluding hydrogens is 320 g/mol. The Hall–Kier alpha value is -1.17. The van der Waals surface area contributed by atoms with E-state index in [1.807, 2.05) is 6.08 Å². The number of fused-ring (bicyclic) bond motifs is 2. The van der Waals surface area contributed by atoms with Gasteiger partial charge in [0.05, 0.1) is 12.2 Å². The molecule has 1 aliphatic heterocycles. The summed E-state index contributed by atoms with van der Waals surface area (Å²) in [4.78, 5) is 21.3. The minimum atomic E-state index is -0.741. The van der Waals surface area contributed by atoms with Gasteiger partial charge in [-0.25, -0.2) is 9.78 Å². The van der Waals surface area contributed by atoms with Gasteiger partial charge < -0.3 is 10.2 Å². The van der Waals surface area contributed by atoms with Crippen LogP contribution in [0.4, 0.5) is 0 Å². The number of aliphatic hydroxyl groups excluding tert-OH is 1. The number of carboxylic acid groups (broad SMARTS) is 1. The molecule has 0 aromatic rings. The highest BCUT2D eigenvalue weighted by atomic mass is 17.2. The van der Waals surface area contributed by atoms with Crippen LogP contribution in [0.1, 0.15) is 64.7 Å². The highest BCUT2D eigenvalue weighted by Crippen LogP contribution is 2.44. The summed E-state index contributed by atoms with van der Waals surface area (Å²) in [6.45, 7) is 2.16. The van der Waals surface area contributed by atoms with E-state index in [9.17, 15) is 9.90 Å². The number of rotatable bonds is 12. The standard InChI is InChI=1S/C20H32O5/c1-2-3-6-9-15(21)12-13-17-16(18-14-19(17)25-24-18)10-7-4-5-8-11-20(22)23/h4,7,12-13,15-19,21H,2-3,5-6,8-11,14H2,1H3,(H,22,23)/b7-4-,13-12+/t15-,16+,17+,18-,19?/m0/s1. The van der Waals surface area contributed by atoms with Crippen molar-refractivity contribution in [1.29, 1.82) is 0 Å². The second kappa shape index (κ2) is 10.7. The average Bonchev–Trinajstić information content (AvgIpc) is 3.17. The Morgan fingerprint density at radius 1 is 1.20 bits per heavy atom. The van der Waals surface area contributed by atoms with Crippen molar-refractivity contribution in [2.24, 2.45) is 11.8 Å². The van der Waals surface area contributed by atoms with Crippen LogP contribution in [0.25, 0.3) is 0 Å². The van der Waals surface area contributed by atoms with Gasteiger partial charge in [-0.1, -0.05) is 50.5 Å². The maximum Gasteiger partial charge on any atom is 0.303 e. The zero-order valence-electron chi connectivity index (χ0n) is 15.2. The highest BCUT2D eigenvalue weighted by Gasteiger charge is 2.49. The minimum absolute atomic E-state index is 0.0921. The van der Waals surface area contributed by atoms with E-state index in [0.29, 0.717) is 12.3 Å². The van der Waals surface area contributed by atoms with Crippen LogP contribution in [0.2, 0.25) is 0 Å². The molecule has 5 atom stereocenters. The van der Waals surface area contributed by atoms with E-state index in [4.69, 9.17) is 14.9 Å². The van der Waals surface area contributed by atoms with E-state index in [1.54, 1.807) is 0 Å². The molecule has 1 saturated carbocycles. The molecule has 1 heterocycles. The second-order valence-electron chi connectivity index (χ2n) is 7.19. The molecule has 0 spiro atoms. The Labute approximate surface area is 150 Å². The number of carboxylic acids is 1. The van der Waals surface area contributed by atoms with Crippen LogP contribution in [0.5, 0.6) is 0 Å². The fraction of sp³-hybridized carbons (Fsp3) is 0.750. The lowest BCUT2D eigenvalue weighted by atomic mass is 9.89.